The second-order valence-corrected chi connectivity index (χ2v) is 25.1. The average Bonchev–Trinajstić information content (AvgIpc) is 3.36. The molecule has 22 heteroatoms. The van der Waals surface area contributed by atoms with E-state index in [0.29, 0.717) is 32.1 Å². The lowest BCUT2D eigenvalue weighted by atomic mass is 9.37. The van der Waals surface area contributed by atoms with Crippen molar-refractivity contribution in [3.63, 3.8) is 0 Å². The van der Waals surface area contributed by atoms with Crippen LogP contribution in [0.15, 0.2) is 11.6 Å². The van der Waals surface area contributed by atoms with E-state index in [4.69, 9.17) is 37.9 Å². The number of esters is 1. The molecule has 0 unspecified atom stereocenters. The van der Waals surface area contributed by atoms with E-state index in [2.05, 4.69) is 33.8 Å². The van der Waals surface area contributed by atoms with E-state index in [1.807, 2.05) is 6.92 Å². The summed E-state index contributed by atoms with van der Waals surface area (Å²) >= 11 is 0. The topological polar surface area (TPSA) is 354 Å². The van der Waals surface area contributed by atoms with E-state index in [0.717, 1.165) is 32.1 Å². The zero-order valence-corrected chi connectivity index (χ0v) is 43.3. The summed E-state index contributed by atoms with van der Waals surface area (Å²) in [5.74, 6) is -0.528. The Balaban J connectivity index is 0.915. The zero-order chi connectivity index (χ0) is 53.8. The van der Waals surface area contributed by atoms with Gasteiger partial charge in [0.2, 0.25) is 6.29 Å². The van der Waals surface area contributed by atoms with Crippen LogP contribution >= 0.6 is 0 Å². The molecule has 9 aliphatic rings. The third kappa shape index (κ3) is 9.56. The van der Waals surface area contributed by atoms with Crippen LogP contribution in [0, 0.1) is 50.7 Å². The Morgan fingerprint density at radius 3 is 1.95 bits per heavy atom. The molecule has 9 rings (SSSR count). The Morgan fingerprint density at radius 1 is 0.622 bits per heavy atom. The Morgan fingerprint density at radius 2 is 1.26 bits per heavy atom. The van der Waals surface area contributed by atoms with Crippen LogP contribution in [-0.4, -0.2) is 222 Å². The number of hydrogen-bond acceptors (Lipinski definition) is 22. The molecule has 22 nitrogen and oxygen atoms in total. The minimum Gasteiger partial charge on any atom is -0.432 e. The van der Waals surface area contributed by atoms with E-state index in [1.165, 1.54) is 12.5 Å². The van der Waals surface area contributed by atoms with Crippen LogP contribution in [0.1, 0.15) is 106 Å². The van der Waals surface area contributed by atoms with Crippen LogP contribution in [0.4, 0.5) is 0 Å². The number of carbonyl (C=O) groups is 1. The molecule has 4 saturated carbocycles. The minimum atomic E-state index is -1.83. The highest BCUT2D eigenvalue weighted by atomic mass is 16.8. The Bertz CT molecular complexity index is 2010. The lowest BCUT2D eigenvalue weighted by molar-refractivity contribution is -0.365. The SMILES string of the molecule is C[C@@H]1O[C@@H](O[C@H]2[C@H](O[C@H]3CC[C@@]4(C)[C@@H](CC[C@]5(C)[C@@H]4CC=C4[C@H]5CC[C@@]5(C(=O)O[C@@H]6O[C@H](CO[C@@H]7O[C@H](CO)[C@@H](O)[C@H](O)[C@H]7O)[C@@H](O)[C@H](O)[C@H]6O)CCC(C)(C)C[C@@H]45)[C@]3(C)CO)OC[C@H](O)[C@@H]2O)[C@H](O)[C@H](O)[C@H]1O. The fourth-order valence-electron chi connectivity index (χ4n) is 15.7. The van der Waals surface area contributed by atoms with Crippen LogP contribution in [0.25, 0.3) is 0 Å². The normalized spacial score (nSPS) is 54.4. The molecular weight excluding hydrogens is 977 g/mol. The average molecular weight is 1060 g/mol. The zero-order valence-electron chi connectivity index (χ0n) is 43.3. The first-order valence-corrected chi connectivity index (χ1v) is 26.9. The highest BCUT2D eigenvalue weighted by molar-refractivity contribution is 5.79. The number of carbonyl (C=O) groups excluding carboxylic acids is 1. The van der Waals surface area contributed by atoms with Crippen LogP contribution in [0.5, 0.6) is 0 Å². The number of aliphatic hydroxyl groups excluding tert-OH is 13. The Hall–Kier alpha value is -1.59. The summed E-state index contributed by atoms with van der Waals surface area (Å²) in [6.45, 7) is 10.9. The van der Waals surface area contributed by atoms with Gasteiger partial charge >= 0.3 is 5.97 Å². The molecule has 4 aliphatic heterocycles. The van der Waals surface area contributed by atoms with Crippen molar-refractivity contribution in [2.24, 2.45) is 50.7 Å². The Labute approximate surface area is 431 Å². The minimum absolute atomic E-state index is 0.0280. The van der Waals surface area contributed by atoms with Gasteiger partial charge in [-0.1, -0.05) is 46.3 Å². The molecule has 0 amide bonds. The first-order valence-electron chi connectivity index (χ1n) is 26.9. The molecule has 0 bridgehead atoms. The second-order valence-electron chi connectivity index (χ2n) is 25.1. The van der Waals surface area contributed by atoms with Crippen molar-refractivity contribution in [3.05, 3.63) is 11.6 Å². The van der Waals surface area contributed by atoms with E-state index >= 15 is 0 Å². The molecule has 13 N–H and O–H groups in total. The molecule has 0 aromatic rings. The number of fused-ring (bicyclic) bond motifs is 7. The standard InChI is InChI=1S/C52H84O22/c1-22-32(56)36(60)40(64)44(69-22)73-42-33(57)26(55)19-67-46(42)72-31-11-13-50(5)29-8-7-23-24(49(29,4)12-10-30(50)51(31,6)21-54)9-14-52(16-15-48(2,3)17-25(23)52)47(66)74-45-41(65)38(62)35(59)28(71-45)20-68-43-39(63)37(61)34(58)27(18-53)70-43/h7,22,24-46,53-65H,8-21H2,1-6H3/t22-,24+,25-,26-,27+,28+,29-,30+,31-,32-,33-,34+,35+,36+,37-,38-,39+,40+,41+,42+,43+,44-,45-,46-,49-,50+,51-,52+/m0/s1. The van der Waals surface area contributed by atoms with Gasteiger partial charge in [0, 0.05) is 5.41 Å². The quantitative estimate of drug-likeness (QED) is 0.0618. The number of allylic oxidation sites excluding steroid dienone is 2. The molecule has 74 heavy (non-hydrogen) atoms. The summed E-state index contributed by atoms with van der Waals surface area (Å²) in [5.41, 5.74) is -1.18. The highest BCUT2D eigenvalue weighted by Crippen LogP contribution is 2.72. The molecule has 0 spiro atoms. The maximum atomic E-state index is 15.0. The lowest BCUT2D eigenvalue weighted by Gasteiger charge is -2.68. The first kappa shape index (κ1) is 57.1. The summed E-state index contributed by atoms with van der Waals surface area (Å²) in [6.07, 6.45) is -20.6. The van der Waals surface area contributed by atoms with E-state index in [-0.39, 0.29) is 53.1 Å². The van der Waals surface area contributed by atoms with Gasteiger partial charge in [-0.15, -0.1) is 0 Å². The van der Waals surface area contributed by atoms with Crippen LogP contribution in [-0.2, 0) is 42.7 Å². The smallest absolute Gasteiger partial charge is 0.315 e. The number of aliphatic hydroxyl groups is 13. The molecular formula is C52H84O22. The summed E-state index contributed by atoms with van der Waals surface area (Å²) < 4.78 is 47.5. The summed E-state index contributed by atoms with van der Waals surface area (Å²) in [4.78, 5) is 15.0. The monoisotopic (exact) mass is 1060 g/mol. The van der Waals surface area contributed by atoms with E-state index < -0.39 is 153 Å². The van der Waals surface area contributed by atoms with Crippen LogP contribution < -0.4 is 0 Å². The molecule has 28 atom stereocenters. The van der Waals surface area contributed by atoms with Crippen molar-refractivity contribution >= 4 is 5.97 Å². The van der Waals surface area contributed by atoms with Crippen molar-refractivity contribution in [3.8, 4) is 0 Å². The maximum Gasteiger partial charge on any atom is 0.315 e. The first-order chi connectivity index (χ1) is 34.8. The molecule has 0 radical (unpaired) electrons. The van der Waals surface area contributed by atoms with Gasteiger partial charge < -0.3 is 104 Å². The fraction of sp³-hybridized carbons (Fsp3) is 0.942. The lowest BCUT2D eigenvalue weighted by Crippen LogP contribution is -2.65. The van der Waals surface area contributed by atoms with Gasteiger partial charge in [-0.05, 0) is 111 Å². The van der Waals surface area contributed by atoms with Gasteiger partial charge in [-0.2, -0.15) is 0 Å². The van der Waals surface area contributed by atoms with Crippen molar-refractivity contribution in [2.75, 3.05) is 26.4 Å². The van der Waals surface area contributed by atoms with Crippen molar-refractivity contribution in [1.29, 1.82) is 0 Å². The van der Waals surface area contributed by atoms with Gasteiger partial charge in [0.25, 0.3) is 0 Å². The summed E-state index contributed by atoms with van der Waals surface area (Å²) in [5, 5.41) is 139. The van der Waals surface area contributed by atoms with Crippen molar-refractivity contribution < 1.29 is 109 Å². The van der Waals surface area contributed by atoms with E-state index in [9.17, 15) is 71.2 Å². The van der Waals surface area contributed by atoms with Gasteiger partial charge in [0.1, 0.15) is 85.5 Å². The van der Waals surface area contributed by atoms with Crippen molar-refractivity contribution in [1.82, 2.24) is 0 Å². The maximum absolute atomic E-state index is 15.0. The molecule has 0 aromatic carbocycles. The summed E-state index contributed by atoms with van der Waals surface area (Å²) in [6, 6.07) is 0. The molecule has 4 saturated heterocycles. The largest absolute Gasteiger partial charge is 0.432 e. The second kappa shape index (κ2) is 21.1. The third-order valence-corrected chi connectivity index (χ3v) is 20.3. The van der Waals surface area contributed by atoms with Crippen molar-refractivity contribution in [2.45, 2.75) is 229 Å². The highest BCUT2D eigenvalue weighted by Gasteiger charge is 2.68. The number of ether oxygens (including phenoxy) is 8. The molecule has 5 aliphatic carbocycles. The van der Waals surface area contributed by atoms with Gasteiger partial charge in [0.05, 0.1) is 44.1 Å². The van der Waals surface area contributed by atoms with Crippen LogP contribution in [0.2, 0.25) is 0 Å². The van der Waals surface area contributed by atoms with Gasteiger partial charge in [-0.3, -0.25) is 4.79 Å². The molecule has 4 heterocycles. The number of rotatable bonds is 11. The predicted octanol–water partition coefficient (Wildman–Crippen LogP) is -1.79. The molecule has 424 valence electrons. The summed E-state index contributed by atoms with van der Waals surface area (Å²) in [7, 11) is 0. The predicted molar refractivity (Wildman–Crippen MR) is 252 cm³/mol. The number of hydrogen-bond donors (Lipinski definition) is 13. The van der Waals surface area contributed by atoms with Crippen LogP contribution in [0.3, 0.4) is 0 Å². The van der Waals surface area contributed by atoms with Gasteiger partial charge in [-0.25, -0.2) is 0 Å². The van der Waals surface area contributed by atoms with Gasteiger partial charge in [0.15, 0.2) is 18.9 Å². The molecule has 0 aromatic heterocycles. The fourth-order valence-corrected chi connectivity index (χ4v) is 15.7. The molecule has 8 fully saturated rings. The van der Waals surface area contributed by atoms with E-state index in [1.54, 1.807) is 0 Å². The Kier molecular flexibility index (Phi) is 16.3. The third-order valence-electron chi connectivity index (χ3n) is 20.3.